The number of halogens is 1. The van der Waals surface area contributed by atoms with Gasteiger partial charge in [-0.15, -0.1) is 0 Å². The Bertz CT molecular complexity index is 1230. The van der Waals surface area contributed by atoms with Crippen LogP contribution in [-0.4, -0.2) is 32.2 Å². The lowest BCUT2D eigenvalue weighted by atomic mass is 10.2. The Morgan fingerprint density at radius 2 is 2.04 bits per heavy atom. The number of nitro groups is 1. The number of fused-ring (bicyclic) bond motifs is 2. The minimum absolute atomic E-state index is 0.0347. The number of nitro benzene ring substituents is 1. The second kappa shape index (κ2) is 6.65. The summed E-state index contributed by atoms with van der Waals surface area (Å²) in [7, 11) is 0. The molecule has 4 aromatic rings. The van der Waals surface area contributed by atoms with Gasteiger partial charge in [-0.3, -0.25) is 20.0 Å². The second-order valence-electron chi connectivity index (χ2n) is 5.69. The van der Waals surface area contributed by atoms with Crippen LogP contribution >= 0.6 is 15.9 Å². The molecule has 27 heavy (non-hydrogen) atoms. The SMILES string of the molecule is O=C(N/N=C/c1c[nH]c2ccc(Br)cc12)c1n[nH]c2ccc([N+](=O)[O-])cc12. The van der Waals surface area contributed by atoms with E-state index in [1.807, 2.05) is 18.2 Å². The van der Waals surface area contributed by atoms with Gasteiger partial charge < -0.3 is 4.98 Å². The molecule has 134 valence electrons. The van der Waals surface area contributed by atoms with E-state index in [1.54, 1.807) is 6.20 Å². The van der Waals surface area contributed by atoms with E-state index in [4.69, 9.17) is 0 Å². The quantitative estimate of drug-likeness (QED) is 0.262. The molecule has 3 N–H and O–H groups in total. The monoisotopic (exact) mass is 426 g/mol. The third kappa shape index (κ3) is 3.17. The fraction of sp³-hybridized carbons (Fsp3) is 0. The largest absolute Gasteiger partial charge is 0.361 e. The highest BCUT2D eigenvalue weighted by molar-refractivity contribution is 9.10. The molecule has 9 nitrogen and oxygen atoms in total. The van der Waals surface area contributed by atoms with E-state index in [1.165, 1.54) is 24.4 Å². The van der Waals surface area contributed by atoms with Crippen LogP contribution in [0.1, 0.15) is 16.1 Å². The van der Waals surface area contributed by atoms with Crippen LogP contribution in [-0.2, 0) is 0 Å². The molecule has 0 fully saturated rings. The number of benzene rings is 2. The van der Waals surface area contributed by atoms with Gasteiger partial charge in [0.05, 0.1) is 16.7 Å². The van der Waals surface area contributed by atoms with Crippen LogP contribution < -0.4 is 5.43 Å². The number of rotatable bonds is 4. The summed E-state index contributed by atoms with van der Waals surface area (Å²) in [6, 6.07) is 9.94. The number of aromatic nitrogens is 3. The zero-order valence-corrected chi connectivity index (χ0v) is 15.1. The predicted molar refractivity (Wildman–Crippen MR) is 104 cm³/mol. The summed E-state index contributed by atoms with van der Waals surface area (Å²) in [6.45, 7) is 0. The van der Waals surface area contributed by atoms with Gasteiger partial charge in [-0.25, -0.2) is 5.43 Å². The molecule has 2 aromatic carbocycles. The van der Waals surface area contributed by atoms with Gasteiger partial charge in [0.25, 0.3) is 11.6 Å². The lowest BCUT2D eigenvalue weighted by Gasteiger charge is -1.97. The molecule has 0 aliphatic rings. The maximum atomic E-state index is 12.4. The molecule has 2 aromatic heterocycles. The summed E-state index contributed by atoms with van der Waals surface area (Å²) in [5.41, 5.74) is 4.58. The Morgan fingerprint density at radius 3 is 2.85 bits per heavy atom. The Hall–Kier alpha value is -3.53. The summed E-state index contributed by atoms with van der Waals surface area (Å²) < 4.78 is 0.929. The Kier molecular flexibility index (Phi) is 4.16. The van der Waals surface area contributed by atoms with Gasteiger partial charge in [0.15, 0.2) is 5.69 Å². The van der Waals surface area contributed by atoms with Crippen molar-refractivity contribution in [2.24, 2.45) is 5.10 Å². The van der Waals surface area contributed by atoms with Gasteiger partial charge in [-0.2, -0.15) is 10.2 Å². The van der Waals surface area contributed by atoms with Crippen molar-refractivity contribution in [2.45, 2.75) is 0 Å². The van der Waals surface area contributed by atoms with Gasteiger partial charge >= 0.3 is 0 Å². The number of carbonyl (C=O) groups is 1. The second-order valence-corrected chi connectivity index (χ2v) is 6.61. The molecule has 0 spiro atoms. The van der Waals surface area contributed by atoms with Crippen molar-refractivity contribution in [3.8, 4) is 0 Å². The molecule has 0 radical (unpaired) electrons. The average Bonchev–Trinajstić information content (AvgIpc) is 3.25. The van der Waals surface area contributed by atoms with E-state index in [2.05, 4.69) is 41.6 Å². The zero-order valence-electron chi connectivity index (χ0n) is 13.6. The first-order chi connectivity index (χ1) is 13.0. The molecule has 0 unspecified atom stereocenters. The first-order valence-electron chi connectivity index (χ1n) is 7.75. The fourth-order valence-corrected chi connectivity index (χ4v) is 3.08. The van der Waals surface area contributed by atoms with Crippen LogP contribution in [0.2, 0.25) is 0 Å². The molecule has 0 aliphatic heterocycles. The smallest absolute Gasteiger partial charge is 0.292 e. The van der Waals surface area contributed by atoms with Crippen LogP contribution in [0.25, 0.3) is 21.8 Å². The summed E-state index contributed by atoms with van der Waals surface area (Å²) in [5, 5.41) is 22.8. The van der Waals surface area contributed by atoms with Crippen molar-refractivity contribution in [3.05, 3.63) is 68.4 Å². The van der Waals surface area contributed by atoms with Crippen molar-refractivity contribution >= 4 is 55.5 Å². The van der Waals surface area contributed by atoms with Gasteiger partial charge in [0.1, 0.15) is 0 Å². The average molecular weight is 427 g/mol. The number of hydrogen-bond donors (Lipinski definition) is 3. The molecule has 2 heterocycles. The van der Waals surface area contributed by atoms with Gasteiger partial charge in [-0.1, -0.05) is 15.9 Å². The van der Waals surface area contributed by atoms with Crippen LogP contribution in [0.15, 0.2) is 52.2 Å². The number of carbonyl (C=O) groups excluding carboxylic acids is 1. The van der Waals surface area contributed by atoms with E-state index >= 15 is 0 Å². The van der Waals surface area contributed by atoms with E-state index in [0.717, 1.165) is 20.9 Å². The molecule has 0 saturated carbocycles. The minimum atomic E-state index is -0.570. The van der Waals surface area contributed by atoms with E-state index in [-0.39, 0.29) is 11.4 Å². The molecule has 0 bridgehead atoms. The molecular formula is C17H11BrN6O3. The molecule has 0 aliphatic carbocycles. The van der Waals surface area contributed by atoms with Gasteiger partial charge in [0.2, 0.25) is 0 Å². The zero-order chi connectivity index (χ0) is 19.0. The molecule has 1 amide bonds. The summed E-state index contributed by atoms with van der Waals surface area (Å²) in [6.07, 6.45) is 3.29. The minimum Gasteiger partial charge on any atom is -0.361 e. The van der Waals surface area contributed by atoms with Crippen molar-refractivity contribution < 1.29 is 9.72 Å². The number of non-ortho nitro benzene ring substituents is 1. The summed E-state index contributed by atoms with van der Waals surface area (Å²) in [4.78, 5) is 25.9. The normalized spacial score (nSPS) is 11.4. The number of nitrogens with zero attached hydrogens (tertiary/aromatic N) is 3. The third-order valence-corrected chi connectivity index (χ3v) is 4.51. The Labute approximate surface area is 159 Å². The first kappa shape index (κ1) is 16.9. The highest BCUT2D eigenvalue weighted by atomic mass is 79.9. The molecule has 4 rings (SSSR count). The Balaban J connectivity index is 1.58. The number of aromatic amines is 2. The summed E-state index contributed by atoms with van der Waals surface area (Å²) in [5.74, 6) is -0.570. The Morgan fingerprint density at radius 1 is 1.22 bits per heavy atom. The highest BCUT2D eigenvalue weighted by Crippen LogP contribution is 2.23. The van der Waals surface area contributed by atoms with Crippen LogP contribution in [0, 0.1) is 10.1 Å². The van der Waals surface area contributed by atoms with Crippen LogP contribution in [0.3, 0.4) is 0 Å². The topological polar surface area (TPSA) is 129 Å². The van der Waals surface area contributed by atoms with Crippen LogP contribution in [0.4, 0.5) is 5.69 Å². The number of hydrogen-bond acceptors (Lipinski definition) is 5. The molecule has 10 heteroatoms. The van der Waals surface area contributed by atoms with Crippen molar-refractivity contribution in [1.29, 1.82) is 0 Å². The van der Waals surface area contributed by atoms with E-state index in [9.17, 15) is 14.9 Å². The van der Waals surface area contributed by atoms with Crippen molar-refractivity contribution in [2.75, 3.05) is 0 Å². The lowest BCUT2D eigenvalue weighted by Crippen LogP contribution is -2.18. The van der Waals surface area contributed by atoms with Crippen LogP contribution in [0.5, 0.6) is 0 Å². The van der Waals surface area contributed by atoms with Crippen molar-refractivity contribution in [3.63, 3.8) is 0 Å². The fourth-order valence-electron chi connectivity index (χ4n) is 2.72. The number of nitrogens with one attached hydrogen (secondary N) is 3. The molecule has 0 atom stereocenters. The highest BCUT2D eigenvalue weighted by Gasteiger charge is 2.17. The predicted octanol–water partition coefficient (Wildman–Crippen LogP) is 3.48. The van der Waals surface area contributed by atoms with Gasteiger partial charge in [0, 0.05) is 44.7 Å². The van der Waals surface area contributed by atoms with E-state index in [0.29, 0.717) is 10.9 Å². The maximum Gasteiger partial charge on any atom is 0.292 e. The standard InChI is InChI=1S/C17H11BrN6O3/c18-10-1-3-14-12(5-10)9(7-19-14)8-20-23-17(25)16-13-6-11(24(26)27)2-4-15(13)21-22-16/h1-8,19H,(H,21,22)(H,23,25)/b20-8+. The van der Waals surface area contributed by atoms with Crippen molar-refractivity contribution in [1.82, 2.24) is 20.6 Å². The summed E-state index contributed by atoms with van der Waals surface area (Å²) >= 11 is 3.42. The maximum absolute atomic E-state index is 12.4. The third-order valence-electron chi connectivity index (χ3n) is 4.02. The lowest BCUT2D eigenvalue weighted by molar-refractivity contribution is -0.384. The van der Waals surface area contributed by atoms with Gasteiger partial charge in [-0.05, 0) is 24.3 Å². The number of amides is 1. The van der Waals surface area contributed by atoms with E-state index < -0.39 is 10.8 Å². The molecule has 0 saturated heterocycles. The molecular weight excluding hydrogens is 416 g/mol. The number of hydrazone groups is 1. The first-order valence-corrected chi connectivity index (χ1v) is 8.55. The number of H-pyrrole nitrogens is 2.